The van der Waals surface area contributed by atoms with Crippen molar-refractivity contribution in [2.75, 3.05) is 6.61 Å². The maximum Gasteiger partial charge on any atom is 0.356 e. The highest BCUT2D eigenvalue weighted by Gasteiger charge is 2.26. The Morgan fingerprint density at radius 2 is 1.92 bits per heavy atom. The molecule has 0 saturated carbocycles. The number of nitrogens with one attached hydrogen (secondary N) is 1. The minimum absolute atomic E-state index is 0.225. The lowest BCUT2D eigenvalue weighted by Crippen LogP contribution is -2.20. The summed E-state index contributed by atoms with van der Waals surface area (Å²) < 4.78 is 17.8. The van der Waals surface area contributed by atoms with Crippen molar-refractivity contribution in [1.29, 1.82) is 0 Å². The van der Waals surface area contributed by atoms with Crippen LogP contribution < -0.4 is 9.47 Å². The SMILES string of the molecule is CCOC(=O)c1cc(-c2ccc(OCc3ccsc3)cc2OC(CC(CC)C(=O)O)c2ccccc2C)n[nH]1. The summed E-state index contributed by atoms with van der Waals surface area (Å²) in [6.45, 7) is 6.23. The van der Waals surface area contributed by atoms with E-state index in [0.717, 1.165) is 16.7 Å². The highest BCUT2D eigenvalue weighted by atomic mass is 32.1. The third-order valence-electron chi connectivity index (χ3n) is 6.43. The number of aliphatic carboxylic acids is 1. The molecule has 0 saturated heterocycles. The number of H-pyrrole nitrogens is 1. The van der Waals surface area contributed by atoms with Crippen LogP contribution in [-0.2, 0) is 16.1 Å². The first-order valence-electron chi connectivity index (χ1n) is 12.8. The van der Waals surface area contributed by atoms with Gasteiger partial charge in [0.15, 0.2) is 0 Å². The van der Waals surface area contributed by atoms with Gasteiger partial charge in [-0.25, -0.2) is 4.79 Å². The number of benzene rings is 2. The topological polar surface area (TPSA) is 111 Å². The van der Waals surface area contributed by atoms with E-state index in [0.29, 0.717) is 35.8 Å². The second kappa shape index (κ2) is 13.1. The number of hydrogen-bond donors (Lipinski definition) is 2. The quantitative estimate of drug-likeness (QED) is 0.176. The second-order valence-electron chi connectivity index (χ2n) is 9.11. The van der Waals surface area contributed by atoms with E-state index in [2.05, 4.69) is 10.2 Å². The molecule has 2 atom stereocenters. The number of carboxylic acids is 1. The average molecular weight is 549 g/mol. The first kappa shape index (κ1) is 27.9. The van der Waals surface area contributed by atoms with Crippen molar-refractivity contribution >= 4 is 23.3 Å². The van der Waals surface area contributed by atoms with Crippen LogP contribution in [0.3, 0.4) is 0 Å². The van der Waals surface area contributed by atoms with Crippen molar-refractivity contribution in [2.24, 2.45) is 5.92 Å². The monoisotopic (exact) mass is 548 g/mol. The lowest BCUT2D eigenvalue weighted by Gasteiger charge is -2.25. The summed E-state index contributed by atoms with van der Waals surface area (Å²) >= 11 is 1.60. The zero-order valence-electron chi connectivity index (χ0n) is 22.2. The smallest absolute Gasteiger partial charge is 0.356 e. The molecule has 2 unspecified atom stereocenters. The van der Waals surface area contributed by atoms with E-state index in [1.165, 1.54) is 0 Å². The van der Waals surface area contributed by atoms with Crippen LogP contribution in [0.4, 0.5) is 0 Å². The molecule has 204 valence electrons. The van der Waals surface area contributed by atoms with Crippen LogP contribution in [0.15, 0.2) is 65.4 Å². The molecule has 4 aromatic rings. The van der Waals surface area contributed by atoms with Crippen molar-refractivity contribution in [1.82, 2.24) is 10.2 Å². The Morgan fingerprint density at radius 3 is 2.62 bits per heavy atom. The van der Waals surface area contributed by atoms with Gasteiger partial charge in [-0.15, -0.1) is 0 Å². The number of esters is 1. The molecule has 0 fully saturated rings. The molecule has 0 radical (unpaired) electrons. The van der Waals surface area contributed by atoms with Crippen LogP contribution in [0, 0.1) is 12.8 Å². The van der Waals surface area contributed by atoms with E-state index in [1.807, 2.05) is 67.1 Å². The Balaban J connectivity index is 1.73. The molecular weight excluding hydrogens is 516 g/mol. The Labute approximate surface area is 231 Å². The molecule has 2 heterocycles. The average Bonchev–Trinajstić information content (AvgIpc) is 3.63. The summed E-state index contributed by atoms with van der Waals surface area (Å²) in [5, 5.41) is 20.9. The van der Waals surface area contributed by atoms with Gasteiger partial charge in [0.25, 0.3) is 0 Å². The van der Waals surface area contributed by atoms with Gasteiger partial charge in [0.1, 0.15) is 29.9 Å². The van der Waals surface area contributed by atoms with E-state index in [-0.39, 0.29) is 18.7 Å². The predicted octanol–water partition coefficient (Wildman–Crippen LogP) is 6.82. The lowest BCUT2D eigenvalue weighted by atomic mass is 9.92. The highest BCUT2D eigenvalue weighted by molar-refractivity contribution is 7.07. The number of carbonyl (C=O) groups is 2. The number of nitrogens with zero attached hydrogens (tertiary/aromatic N) is 1. The Hall–Kier alpha value is -4.11. The van der Waals surface area contributed by atoms with Gasteiger partial charge in [0.05, 0.1) is 18.2 Å². The molecular formula is C30H32N2O6S. The first-order chi connectivity index (χ1) is 18.9. The lowest BCUT2D eigenvalue weighted by molar-refractivity contribution is -0.142. The maximum atomic E-state index is 12.2. The number of thiophene rings is 1. The van der Waals surface area contributed by atoms with Gasteiger partial charge >= 0.3 is 11.9 Å². The number of aromatic amines is 1. The van der Waals surface area contributed by atoms with Gasteiger partial charge in [0, 0.05) is 18.1 Å². The Bertz CT molecular complexity index is 1400. The molecule has 0 bridgehead atoms. The molecule has 8 nitrogen and oxygen atoms in total. The summed E-state index contributed by atoms with van der Waals surface area (Å²) in [4.78, 5) is 24.2. The fourth-order valence-electron chi connectivity index (χ4n) is 4.26. The molecule has 0 aliphatic heterocycles. The van der Waals surface area contributed by atoms with Gasteiger partial charge in [-0.2, -0.15) is 16.4 Å². The van der Waals surface area contributed by atoms with Gasteiger partial charge < -0.3 is 19.3 Å². The molecule has 2 aromatic heterocycles. The normalized spacial score (nSPS) is 12.5. The first-order valence-corrected chi connectivity index (χ1v) is 13.8. The molecule has 2 aromatic carbocycles. The second-order valence-corrected chi connectivity index (χ2v) is 9.89. The number of rotatable bonds is 13. The van der Waals surface area contributed by atoms with Crippen LogP contribution in [0.2, 0.25) is 0 Å². The standard InChI is InChI=1S/C30H32N2O6S/c1-4-21(29(33)34)14-27(23-9-7-6-8-19(23)3)38-28-15-22(37-17-20-12-13-39-18-20)10-11-24(28)25-16-26(32-31-25)30(35)36-5-2/h6-13,15-16,18,21,27H,4-5,14,17H2,1-3H3,(H,31,32)(H,33,34). The summed E-state index contributed by atoms with van der Waals surface area (Å²) in [7, 11) is 0. The van der Waals surface area contributed by atoms with Crippen molar-refractivity contribution in [3.8, 4) is 22.8 Å². The summed E-state index contributed by atoms with van der Waals surface area (Å²) in [5.74, 6) is -0.890. The third kappa shape index (κ3) is 7.06. The summed E-state index contributed by atoms with van der Waals surface area (Å²) in [6, 6.07) is 16.8. The number of ether oxygens (including phenoxy) is 3. The molecule has 4 rings (SSSR count). The van der Waals surface area contributed by atoms with E-state index in [1.54, 1.807) is 30.4 Å². The van der Waals surface area contributed by atoms with Crippen molar-refractivity contribution in [3.63, 3.8) is 0 Å². The number of hydrogen-bond acceptors (Lipinski definition) is 7. The van der Waals surface area contributed by atoms with Crippen LogP contribution in [0.1, 0.15) is 60.0 Å². The molecule has 0 aliphatic rings. The van der Waals surface area contributed by atoms with Crippen molar-refractivity contribution in [3.05, 3.63) is 87.7 Å². The van der Waals surface area contributed by atoms with Crippen molar-refractivity contribution in [2.45, 2.75) is 46.3 Å². The number of carboxylic acid groups (broad SMARTS) is 1. The molecule has 0 aliphatic carbocycles. The molecule has 0 spiro atoms. The van der Waals surface area contributed by atoms with Crippen LogP contribution in [0.5, 0.6) is 11.5 Å². The fraction of sp³-hybridized carbons (Fsp3) is 0.300. The number of aromatic nitrogens is 2. The predicted molar refractivity (Wildman–Crippen MR) is 149 cm³/mol. The van der Waals surface area contributed by atoms with E-state index in [9.17, 15) is 14.7 Å². The third-order valence-corrected chi connectivity index (χ3v) is 7.17. The Morgan fingerprint density at radius 1 is 1.10 bits per heavy atom. The summed E-state index contributed by atoms with van der Waals surface area (Å²) in [6.07, 6.45) is 0.215. The van der Waals surface area contributed by atoms with Crippen LogP contribution in [0.25, 0.3) is 11.3 Å². The number of aryl methyl sites for hydroxylation is 1. The van der Waals surface area contributed by atoms with E-state index < -0.39 is 24.0 Å². The number of carbonyl (C=O) groups excluding carboxylic acids is 1. The molecule has 39 heavy (non-hydrogen) atoms. The largest absolute Gasteiger partial charge is 0.489 e. The molecule has 2 N–H and O–H groups in total. The minimum Gasteiger partial charge on any atom is -0.489 e. The van der Waals surface area contributed by atoms with E-state index in [4.69, 9.17) is 14.2 Å². The van der Waals surface area contributed by atoms with Gasteiger partial charge in [-0.05, 0) is 72.0 Å². The van der Waals surface area contributed by atoms with Gasteiger partial charge in [-0.1, -0.05) is 31.2 Å². The summed E-state index contributed by atoms with van der Waals surface area (Å²) in [5.41, 5.74) is 4.31. The fourth-order valence-corrected chi connectivity index (χ4v) is 4.91. The van der Waals surface area contributed by atoms with Crippen molar-refractivity contribution < 1.29 is 28.9 Å². The Kier molecular flexibility index (Phi) is 9.38. The van der Waals surface area contributed by atoms with Gasteiger partial charge in [0.2, 0.25) is 0 Å². The van der Waals surface area contributed by atoms with Crippen LogP contribution >= 0.6 is 11.3 Å². The van der Waals surface area contributed by atoms with Crippen LogP contribution in [-0.4, -0.2) is 33.8 Å². The minimum atomic E-state index is -0.862. The van der Waals surface area contributed by atoms with E-state index >= 15 is 0 Å². The zero-order valence-corrected chi connectivity index (χ0v) is 23.0. The zero-order chi connectivity index (χ0) is 27.8. The highest BCUT2D eigenvalue weighted by Crippen LogP contribution is 2.38. The molecule has 9 heteroatoms. The van der Waals surface area contributed by atoms with Gasteiger partial charge in [-0.3, -0.25) is 9.89 Å². The molecule has 0 amide bonds. The maximum absolute atomic E-state index is 12.2.